The number of anilines is 1. The Labute approximate surface area is 221 Å². The molecule has 7 nitrogen and oxygen atoms in total. The maximum Gasteiger partial charge on any atom is 0.342 e. The van der Waals surface area contributed by atoms with Gasteiger partial charge in [-0.15, -0.1) is 0 Å². The van der Waals surface area contributed by atoms with E-state index in [1.807, 2.05) is 78.7 Å². The lowest BCUT2D eigenvalue weighted by atomic mass is 9.83. The molecule has 0 amide bonds. The molecule has 192 valence electrons. The molecule has 38 heavy (non-hydrogen) atoms. The minimum atomic E-state index is -0.626. The van der Waals surface area contributed by atoms with E-state index in [-0.39, 0.29) is 23.4 Å². The van der Waals surface area contributed by atoms with Gasteiger partial charge in [0, 0.05) is 41.7 Å². The standard InChI is InChI=1S/C31H29N3O4/c1-31(2)26-15-8-9-16-27(26)33(3)28(31)18-23(35)20-38-30(36)25-19-34(22-12-6-5-7-13-22)32-29(25)21-11-10-14-24(17-21)37-4/h5-19H,20H2,1-4H3. The molecule has 3 aromatic carbocycles. The Hall–Kier alpha value is -4.65. The van der Waals surface area contributed by atoms with Gasteiger partial charge in [-0.2, -0.15) is 5.10 Å². The molecule has 0 spiro atoms. The van der Waals surface area contributed by atoms with Crippen molar-refractivity contribution in [3.05, 3.63) is 108 Å². The second-order valence-electron chi connectivity index (χ2n) is 9.68. The molecule has 0 saturated heterocycles. The summed E-state index contributed by atoms with van der Waals surface area (Å²) in [5.41, 5.74) is 4.91. The van der Waals surface area contributed by atoms with E-state index >= 15 is 0 Å². The highest BCUT2D eigenvalue weighted by Crippen LogP contribution is 2.46. The Morgan fingerprint density at radius 3 is 2.45 bits per heavy atom. The minimum absolute atomic E-state index is 0.258. The van der Waals surface area contributed by atoms with Crippen LogP contribution in [0.2, 0.25) is 0 Å². The Morgan fingerprint density at radius 2 is 1.71 bits per heavy atom. The minimum Gasteiger partial charge on any atom is -0.497 e. The van der Waals surface area contributed by atoms with Crippen molar-refractivity contribution in [2.24, 2.45) is 0 Å². The molecule has 4 aromatic rings. The second-order valence-corrected chi connectivity index (χ2v) is 9.68. The number of hydrogen-bond acceptors (Lipinski definition) is 6. The summed E-state index contributed by atoms with van der Waals surface area (Å²) in [7, 11) is 3.52. The van der Waals surface area contributed by atoms with Gasteiger partial charge < -0.3 is 14.4 Å². The van der Waals surface area contributed by atoms with Gasteiger partial charge in [0.2, 0.25) is 0 Å². The number of ketones is 1. The maximum absolute atomic E-state index is 13.3. The summed E-state index contributed by atoms with van der Waals surface area (Å²) in [6.07, 6.45) is 3.20. The maximum atomic E-state index is 13.3. The highest BCUT2D eigenvalue weighted by Gasteiger charge is 2.38. The van der Waals surface area contributed by atoms with Crippen molar-refractivity contribution in [3.63, 3.8) is 0 Å². The molecule has 2 heterocycles. The van der Waals surface area contributed by atoms with Gasteiger partial charge in [-0.05, 0) is 35.9 Å². The lowest BCUT2D eigenvalue weighted by Crippen LogP contribution is -2.25. The van der Waals surface area contributed by atoms with Gasteiger partial charge in [-0.25, -0.2) is 9.48 Å². The van der Waals surface area contributed by atoms with E-state index in [0.29, 0.717) is 17.0 Å². The fraction of sp³-hybridized carbons (Fsp3) is 0.194. The largest absolute Gasteiger partial charge is 0.497 e. The van der Waals surface area contributed by atoms with Crippen LogP contribution in [0.3, 0.4) is 0 Å². The molecule has 7 heteroatoms. The van der Waals surface area contributed by atoms with Crippen molar-refractivity contribution >= 4 is 17.4 Å². The van der Waals surface area contributed by atoms with Gasteiger partial charge in [-0.3, -0.25) is 4.79 Å². The van der Waals surface area contributed by atoms with E-state index in [1.54, 1.807) is 30.1 Å². The zero-order valence-electron chi connectivity index (χ0n) is 21.8. The van der Waals surface area contributed by atoms with Gasteiger partial charge in [0.25, 0.3) is 0 Å². The average Bonchev–Trinajstić information content (AvgIpc) is 3.47. The molecule has 0 unspecified atom stereocenters. The molecule has 0 saturated carbocycles. The summed E-state index contributed by atoms with van der Waals surface area (Å²) < 4.78 is 12.5. The highest BCUT2D eigenvalue weighted by atomic mass is 16.5. The van der Waals surface area contributed by atoms with E-state index in [0.717, 1.165) is 22.6 Å². The van der Waals surface area contributed by atoms with Crippen molar-refractivity contribution in [1.82, 2.24) is 9.78 Å². The number of hydrogen-bond donors (Lipinski definition) is 0. The molecule has 5 rings (SSSR count). The zero-order chi connectivity index (χ0) is 26.9. The first-order chi connectivity index (χ1) is 18.3. The van der Waals surface area contributed by atoms with Crippen LogP contribution in [0.1, 0.15) is 29.8 Å². The Balaban J connectivity index is 1.40. The predicted molar refractivity (Wildman–Crippen MR) is 147 cm³/mol. The number of nitrogens with zero attached hydrogens (tertiary/aromatic N) is 3. The lowest BCUT2D eigenvalue weighted by Gasteiger charge is -2.23. The topological polar surface area (TPSA) is 73.7 Å². The van der Waals surface area contributed by atoms with E-state index in [1.165, 1.54) is 0 Å². The smallest absolute Gasteiger partial charge is 0.342 e. The third-order valence-corrected chi connectivity index (χ3v) is 6.88. The molecule has 0 atom stereocenters. The van der Waals surface area contributed by atoms with Gasteiger partial charge in [0.15, 0.2) is 12.4 Å². The van der Waals surface area contributed by atoms with Gasteiger partial charge in [0.05, 0.1) is 12.8 Å². The third-order valence-electron chi connectivity index (χ3n) is 6.88. The molecule has 0 N–H and O–H groups in total. The number of carbonyl (C=O) groups excluding carboxylic acids is 2. The number of aromatic nitrogens is 2. The van der Waals surface area contributed by atoms with Crippen LogP contribution in [0.5, 0.6) is 5.75 Å². The number of fused-ring (bicyclic) bond motifs is 1. The molecule has 1 aromatic heterocycles. The van der Waals surface area contributed by atoms with Crippen LogP contribution < -0.4 is 9.64 Å². The van der Waals surface area contributed by atoms with E-state index in [2.05, 4.69) is 25.0 Å². The molecule has 1 aliphatic rings. The predicted octanol–water partition coefficient (Wildman–Crippen LogP) is 5.59. The van der Waals surface area contributed by atoms with Gasteiger partial charge >= 0.3 is 5.97 Å². The van der Waals surface area contributed by atoms with Gasteiger partial charge in [0.1, 0.15) is 17.0 Å². The number of esters is 1. The number of benzene rings is 3. The first kappa shape index (κ1) is 25.0. The molecular weight excluding hydrogens is 478 g/mol. The van der Waals surface area contributed by atoms with Crippen molar-refractivity contribution < 1.29 is 19.1 Å². The number of carbonyl (C=O) groups is 2. The summed E-state index contributed by atoms with van der Waals surface area (Å²) >= 11 is 0. The van der Waals surface area contributed by atoms with Crippen LogP contribution in [0.25, 0.3) is 16.9 Å². The summed E-state index contributed by atoms with van der Waals surface area (Å²) in [5.74, 6) is -0.277. The van der Waals surface area contributed by atoms with Crippen LogP contribution >= 0.6 is 0 Å². The van der Waals surface area contributed by atoms with Crippen LogP contribution in [-0.4, -0.2) is 42.3 Å². The lowest BCUT2D eigenvalue weighted by molar-refractivity contribution is -0.117. The van der Waals surface area contributed by atoms with Gasteiger partial charge in [-0.1, -0.05) is 62.4 Å². The summed E-state index contributed by atoms with van der Waals surface area (Å²) in [6.45, 7) is 3.79. The van der Waals surface area contributed by atoms with Crippen LogP contribution in [0.15, 0.2) is 96.8 Å². The zero-order valence-corrected chi connectivity index (χ0v) is 21.8. The second kappa shape index (κ2) is 10.0. The van der Waals surface area contributed by atoms with E-state index in [9.17, 15) is 9.59 Å². The van der Waals surface area contributed by atoms with Crippen LogP contribution in [-0.2, 0) is 14.9 Å². The number of para-hydroxylation sites is 2. The molecule has 0 bridgehead atoms. The van der Waals surface area contributed by atoms with E-state index in [4.69, 9.17) is 9.47 Å². The van der Waals surface area contributed by atoms with E-state index < -0.39 is 5.97 Å². The van der Waals surface area contributed by atoms with Crippen molar-refractivity contribution in [3.8, 4) is 22.7 Å². The normalized spacial score (nSPS) is 14.8. The Bertz CT molecular complexity index is 1540. The molecule has 0 radical (unpaired) electrons. The average molecular weight is 508 g/mol. The van der Waals surface area contributed by atoms with Crippen molar-refractivity contribution in [2.75, 3.05) is 25.7 Å². The summed E-state index contributed by atoms with van der Waals surface area (Å²) in [6, 6.07) is 24.9. The monoisotopic (exact) mass is 507 g/mol. The molecule has 0 fully saturated rings. The van der Waals surface area contributed by atoms with Crippen molar-refractivity contribution in [1.29, 1.82) is 0 Å². The van der Waals surface area contributed by atoms with Crippen molar-refractivity contribution in [2.45, 2.75) is 19.3 Å². The number of ether oxygens (including phenoxy) is 2. The fourth-order valence-corrected chi connectivity index (χ4v) is 4.89. The Morgan fingerprint density at radius 1 is 0.974 bits per heavy atom. The van der Waals surface area contributed by atoms with Crippen LogP contribution in [0, 0.1) is 0 Å². The number of allylic oxidation sites excluding steroid dienone is 1. The summed E-state index contributed by atoms with van der Waals surface area (Å²) in [4.78, 5) is 28.2. The quantitative estimate of drug-likeness (QED) is 0.240. The summed E-state index contributed by atoms with van der Waals surface area (Å²) in [5, 5.41) is 4.67. The highest BCUT2D eigenvalue weighted by molar-refractivity contribution is 5.99. The Kier molecular flexibility index (Phi) is 6.59. The first-order valence-corrected chi connectivity index (χ1v) is 12.3. The van der Waals surface area contributed by atoms with Crippen LogP contribution in [0.4, 0.5) is 5.69 Å². The molecule has 1 aliphatic heterocycles. The first-order valence-electron chi connectivity index (χ1n) is 12.3. The molecular formula is C31H29N3O4. The SMILES string of the molecule is COc1cccc(-c2nn(-c3ccccc3)cc2C(=O)OCC(=O)C=C2N(C)c3ccccc3C2(C)C)c1. The number of likely N-dealkylation sites (N-methyl/N-ethyl adjacent to an activating group) is 1. The molecule has 0 aliphatic carbocycles. The number of rotatable bonds is 7. The third kappa shape index (κ3) is 4.59. The number of methoxy groups -OCH3 is 1. The fourth-order valence-electron chi connectivity index (χ4n) is 4.89.